The molecule has 40 heavy (non-hydrogen) atoms. The maximum Gasteiger partial charge on any atom is 0.338 e. The Morgan fingerprint density at radius 3 is 2.33 bits per heavy atom. The number of benzene rings is 1. The lowest BCUT2D eigenvalue weighted by Crippen LogP contribution is -2.47. The van der Waals surface area contributed by atoms with Crippen molar-refractivity contribution in [3.8, 4) is 11.3 Å². The van der Waals surface area contributed by atoms with E-state index >= 15 is 0 Å². The molecular weight excluding hydrogens is 520 g/mol. The van der Waals surface area contributed by atoms with Gasteiger partial charge in [-0.15, -0.1) is 0 Å². The lowest BCUT2D eigenvalue weighted by atomic mass is 9.90. The standard InChI is InChI=1S/C28H38N4O8/c1-5-7-8-9-21(22(6-2)32(38)18-33)26(35)29-17-30-27(36)24-15-14-23(40-24)19-10-12-20(13-11-19)28(37)39-16-25(34)31(3)4/h10-15,18,21-22,38H,5-9,16-17H2,1-4H3,(H,29,35)(H,30,36)/t21-,22-/m1/s1. The quantitative estimate of drug-likeness (QED) is 0.0708. The van der Waals surface area contributed by atoms with Gasteiger partial charge in [-0.25, -0.2) is 9.86 Å². The number of hydrogen-bond donors (Lipinski definition) is 3. The van der Waals surface area contributed by atoms with Gasteiger partial charge in [-0.1, -0.05) is 45.2 Å². The van der Waals surface area contributed by atoms with Gasteiger partial charge in [0.1, 0.15) is 5.76 Å². The Morgan fingerprint density at radius 2 is 1.73 bits per heavy atom. The van der Waals surface area contributed by atoms with Crippen LogP contribution in [0.5, 0.6) is 0 Å². The molecule has 1 heterocycles. The number of furan rings is 1. The number of carbonyl (C=O) groups is 5. The van der Waals surface area contributed by atoms with E-state index in [1.54, 1.807) is 39.2 Å². The van der Waals surface area contributed by atoms with Crippen LogP contribution >= 0.6 is 0 Å². The SMILES string of the molecule is CCCCC[C@@H](C(=O)NCNC(=O)c1ccc(-c2ccc(C(=O)OCC(=O)N(C)C)cc2)o1)[C@@H](CC)N(O)C=O. The van der Waals surface area contributed by atoms with Crippen LogP contribution in [0.1, 0.15) is 66.9 Å². The van der Waals surface area contributed by atoms with E-state index in [0.29, 0.717) is 35.6 Å². The van der Waals surface area contributed by atoms with Gasteiger partial charge in [-0.05, 0) is 37.1 Å². The molecule has 0 bridgehead atoms. The molecule has 2 aromatic rings. The average molecular weight is 559 g/mol. The fraction of sp³-hybridized carbons (Fsp3) is 0.464. The predicted molar refractivity (Wildman–Crippen MR) is 145 cm³/mol. The van der Waals surface area contributed by atoms with Crippen LogP contribution in [0.4, 0.5) is 0 Å². The number of nitrogens with zero attached hydrogens (tertiary/aromatic N) is 2. The summed E-state index contributed by atoms with van der Waals surface area (Å²) in [6.45, 7) is 3.28. The molecule has 0 aliphatic rings. The number of rotatable bonds is 16. The molecule has 2 atom stereocenters. The second-order valence-electron chi connectivity index (χ2n) is 9.39. The summed E-state index contributed by atoms with van der Waals surface area (Å²) in [5.74, 6) is -2.14. The van der Waals surface area contributed by atoms with Crippen LogP contribution in [-0.4, -0.2) is 78.7 Å². The summed E-state index contributed by atoms with van der Waals surface area (Å²) in [5.41, 5.74) is 0.865. The summed E-state index contributed by atoms with van der Waals surface area (Å²) in [5, 5.41) is 15.7. The highest BCUT2D eigenvalue weighted by molar-refractivity contribution is 5.93. The van der Waals surface area contributed by atoms with Crippen LogP contribution < -0.4 is 10.6 Å². The zero-order chi connectivity index (χ0) is 29.7. The number of unbranched alkanes of at least 4 members (excludes halogenated alkanes) is 2. The molecule has 12 nitrogen and oxygen atoms in total. The van der Waals surface area contributed by atoms with E-state index in [4.69, 9.17) is 9.15 Å². The van der Waals surface area contributed by atoms with Gasteiger partial charge in [0.15, 0.2) is 12.4 Å². The zero-order valence-electron chi connectivity index (χ0n) is 23.3. The van der Waals surface area contributed by atoms with E-state index < -0.39 is 23.8 Å². The summed E-state index contributed by atoms with van der Waals surface area (Å²) in [4.78, 5) is 61.6. The molecule has 3 N–H and O–H groups in total. The molecule has 2 rings (SSSR count). The van der Waals surface area contributed by atoms with Gasteiger partial charge in [-0.3, -0.25) is 24.4 Å². The van der Waals surface area contributed by atoms with Gasteiger partial charge in [0, 0.05) is 19.7 Å². The fourth-order valence-electron chi connectivity index (χ4n) is 4.00. The number of esters is 1. The van der Waals surface area contributed by atoms with Crippen molar-refractivity contribution in [2.45, 2.75) is 52.0 Å². The van der Waals surface area contributed by atoms with Crippen molar-refractivity contribution in [1.82, 2.24) is 20.6 Å². The van der Waals surface area contributed by atoms with Crippen LogP contribution in [0.2, 0.25) is 0 Å². The second-order valence-corrected chi connectivity index (χ2v) is 9.39. The zero-order valence-corrected chi connectivity index (χ0v) is 23.3. The van der Waals surface area contributed by atoms with E-state index in [1.807, 2.05) is 6.92 Å². The number of ether oxygens (including phenoxy) is 1. The molecule has 0 aliphatic carbocycles. The highest BCUT2D eigenvalue weighted by atomic mass is 16.5. The average Bonchev–Trinajstić information content (AvgIpc) is 3.45. The first-order chi connectivity index (χ1) is 19.1. The topological polar surface area (TPSA) is 158 Å². The first-order valence-electron chi connectivity index (χ1n) is 13.2. The van der Waals surface area contributed by atoms with Gasteiger partial charge in [0.25, 0.3) is 11.8 Å². The van der Waals surface area contributed by atoms with Crippen LogP contribution in [0.3, 0.4) is 0 Å². The third kappa shape index (κ3) is 9.23. The molecule has 0 fully saturated rings. The Balaban J connectivity index is 1.94. The highest BCUT2D eigenvalue weighted by Gasteiger charge is 2.30. The molecule has 218 valence electrons. The molecule has 0 saturated carbocycles. The molecule has 4 amide bonds. The lowest BCUT2D eigenvalue weighted by Gasteiger charge is -2.29. The van der Waals surface area contributed by atoms with E-state index in [9.17, 15) is 29.2 Å². The molecule has 1 aromatic heterocycles. The van der Waals surface area contributed by atoms with Gasteiger partial charge in [0.05, 0.1) is 24.2 Å². The first kappa shape index (κ1) is 32.0. The van der Waals surface area contributed by atoms with E-state index in [1.165, 1.54) is 23.1 Å². The number of likely N-dealkylation sites (N-methyl/N-ethyl adjacent to an activating group) is 1. The van der Waals surface area contributed by atoms with E-state index in [2.05, 4.69) is 10.6 Å². The van der Waals surface area contributed by atoms with Gasteiger partial charge in [-0.2, -0.15) is 0 Å². The molecule has 1 aromatic carbocycles. The molecule has 0 radical (unpaired) electrons. The van der Waals surface area contributed by atoms with E-state index in [0.717, 1.165) is 19.3 Å². The minimum absolute atomic E-state index is 0.0170. The van der Waals surface area contributed by atoms with Crippen LogP contribution in [0.25, 0.3) is 11.3 Å². The Kier molecular flexibility index (Phi) is 12.8. The molecule has 0 unspecified atom stereocenters. The maximum absolute atomic E-state index is 12.9. The number of hydroxylamine groups is 2. The lowest BCUT2D eigenvalue weighted by molar-refractivity contribution is -0.168. The summed E-state index contributed by atoms with van der Waals surface area (Å²) >= 11 is 0. The normalized spacial score (nSPS) is 12.1. The van der Waals surface area contributed by atoms with Crippen LogP contribution in [0.15, 0.2) is 40.8 Å². The van der Waals surface area contributed by atoms with Crippen LogP contribution in [-0.2, 0) is 19.1 Å². The van der Waals surface area contributed by atoms with Crippen molar-refractivity contribution in [2.75, 3.05) is 27.4 Å². The second kappa shape index (κ2) is 16.0. The highest BCUT2D eigenvalue weighted by Crippen LogP contribution is 2.23. The Morgan fingerprint density at radius 1 is 1.02 bits per heavy atom. The van der Waals surface area contributed by atoms with Gasteiger partial charge >= 0.3 is 5.97 Å². The Hall–Kier alpha value is -4.19. The van der Waals surface area contributed by atoms with Crippen molar-refractivity contribution in [3.05, 3.63) is 47.7 Å². The molecular formula is C28H38N4O8. The number of amides is 4. The summed E-state index contributed by atoms with van der Waals surface area (Å²) in [7, 11) is 3.13. The predicted octanol–water partition coefficient (Wildman–Crippen LogP) is 2.82. The third-order valence-electron chi connectivity index (χ3n) is 6.36. The molecule has 0 saturated heterocycles. The van der Waals surface area contributed by atoms with Crippen molar-refractivity contribution < 1.29 is 38.3 Å². The summed E-state index contributed by atoms with van der Waals surface area (Å²) in [6.07, 6.45) is 3.80. The summed E-state index contributed by atoms with van der Waals surface area (Å²) in [6, 6.07) is 8.70. The third-order valence-corrected chi connectivity index (χ3v) is 6.36. The van der Waals surface area contributed by atoms with Gasteiger partial charge in [0.2, 0.25) is 12.3 Å². The first-order valence-corrected chi connectivity index (χ1v) is 13.2. The Labute approximate surface area is 233 Å². The smallest absolute Gasteiger partial charge is 0.338 e. The number of carbonyl (C=O) groups excluding carboxylic acids is 5. The Bertz CT molecular complexity index is 1150. The minimum atomic E-state index is -0.675. The molecule has 0 spiro atoms. The van der Waals surface area contributed by atoms with Crippen molar-refractivity contribution >= 4 is 30.1 Å². The fourth-order valence-corrected chi connectivity index (χ4v) is 4.00. The van der Waals surface area contributed by atoms with E-state index in [-0.39, 0.29) is 36.4 Å². The molecule has 0 aliphatic heterocycles. The number of nitrogens with one attached hydrogen (secondary N) is 2. The van der Waals surface area contributed by atoms with Gasteiger partial charge < -0.3 is 24.7 Å². The van der Waals surface area contributed by atoms with Crippen molar-refractivity contribution in [3.63, 3.8) is 0 Å². The monoisotopic (exact) mass is 558 g/mol. The molecule has 12 heteroatoms. The summed E-state index contributed by atoms with van der Waals surface area (Å²) < 4.78 is 10.6. The minimum Gasteiger partial charge on any atom is -0.452 e. The maximum atomic E-state index is 12.9. The van der Waals surface area contributed by atoms with Crippen LogP contribution in [0, 0.1) is 5.92 Å². The van der Waals surface area contributed by atoms with Crippen molar-refractivity contribution in [1.29, 1.82) is 0 Å². The largest absolute Gasteiger partial charge is 0.452 e. The van der Waals surface area contributed by atoms with Crippen molar-refractivity contribution in [2.24, 2.45) is 5.92 Å². The number of hydrogen-bond acceptors (Lipinski definition) is 8.